The van der Waals surface area contributed by atoms with Gasteiger partial charge in [0.1, 0.15) is 24.1 Å². The molecule has 0 fully saturated rings. The van der Waals surface area contributed by atoms with Gasteiger partial charge in [0.2, 0.25) is 15.9 Å². The van der Waals surface area contributed by atoms with Crippen LogP contribution in [0.4, 0.5) is 5.69 Å². The van der Waals surface area contributed by atoms with Crippen molar-refractivity contribution >= 4 is 21.6 Å². The smallest absolute Gasteiger partial charge is 0.244 e. The van der Waals surface area contributed by atoms with Crippen LogP contribution in [0.2, 0.25) is 0 Å². The maximum Gasteiger partial charge on any atom is 0.244 e. The van der Waals surface area contributed by atoms with Gasteiger partial charge in [0, 0.05) is 0 Å². The Morgan fingerprint density at radius 3 is 2.32 bits per heavy atom. The number of carbonyl (C=O) groups is 1. The maximum absolute atomic E-state index is 12.8. The summed E-state index contributed by atoms with van der Waals surface area (Å²) in [6, 6.07) is 11.6. The molecule has 31 heavy (non-hydrogen) atoms. The van der Waals surface area contributed by atoms with Gasteiger partial charge in [-0.05, 0) is 68.7 Å². The van der Waals surface area contributed by atoms with E-state index in [1.54, 1.807) is 31.2 Å². The number of benzene rings is 2. The first-order valence-electron chi connectivity index (χ1n) is 10.4. The lowest BCUT2D eigenvalue weighted by Gasteiger charge is -2.30. The predicted molar refractivity (Wildman–Crippen MR) is 123 cm³/mol. The monoisotopic (exact) mass is 448 g/mol. The minimum Gasteiger partial charge on any atom is -0.494 e. The van der Waals surface area contributed by atoms with E-state index < -0.39 is 16.1 Å². The number of hydrogen-bond donors (Lipinski definition) is 1. The van der Waals surface area contributed by atoms with Crippen molar-refractivity contribution in [3.8, 4) is 11.5 Å². The van der Waals surface area contributed by atoms with Crippen LogP contribution in [0.25, 0.3) is 0 Å². The molecule has 1 atom stereocenters. The summed E-state index contributed by atoms with van der Waals surface area (Å²) >= 11 is 0. The number of sulfonamides is 1. The van der Waals surface area contributed by atoms with Gasteiger partial charge >= 0.3 is 0 Å². The summed E-state index contributed by atoms with van der Waals surface area (Å²) in [5.74, 6) is 1.04. The first-order chi connectivity index (χ1) is 14.7. The lowest BCUT2D eigenvalue weighted by Crippen LogP contribution is -2.50. The van der Waals surface area contributed by atoms with Crippen LogP contribution in [0.1, 0.15) is 31.4 Å². The van der Waals surface area contributed by atoms with Gasteiger partial charge in [-0.25, -0.2) is 8.42 Å². The van der Waals surface area contributed by atoms with Crippen LogP contribution in [0, 0.1) is 13.8 Å². The van der Waals surface area contributed by atoms with Gasteiger partial charge in [0.05, 0.1) is 25.1 Å². The number of hydrogen-bond acceptors (Lipinski definition) is 5. The van der Waals surface area contributed by atoms with Crippen LogP contribution in [0.15, 0.2) is 42.5 Å². The molecule has 0 aromatic heterocycles. The first-order valence-corrected chi connectivity index (χ1v) is 12.2. The number of ether oxygens (including phenoxy) is 2. The zero-order valence-corrected chi connectivity index (χ0v) is 19.7. The van der Waals surface area contributed by atoms with Crippen LogP contribution in [-0.2, 0) is 14.8 Å². The van der Waals surface area contributed by atoms with Crippen molar-refractivity contribution in [2.45, 2.75) is 40.2 Å². The molecule has 0 radical (unpaired) electrons. The molecule has 2 aromatic carbocycles. The second-order valence-electron chi connectivity index (χ2n) is 7.25. The third-order valence-corrected chi connectivity index (χ3v) is 6.13. The Labute approximate surface area is 185 Å². The summed E-state index contributed by atoms with van der Waals surface area (Å²) in [7, 11) is -3.68. The fourth-order valence-corrected chi connectivity index (χ4v) is 4.46. The van der Waals surface area contributed by atoms with E-state index in [9.17, 15) is 13.2 Å². The molecule has 8 heteroatoms. The highest BCUT2D eigenvalue weighted by Gasteiger charge is 2.31. The van der Waals surface area contributed by atoms with Crippen molar-refractivity contribution in [3.05, 3.63) is 53.6 Å². The largest absolute Gasteiger partial charge is 0.494 e. The van der Waals surface area contributed by atoms with Crippen molar-refractivity contribution < 1.29 is 22.7 Å². The SMILES string of the molecule is CCOc1ccc(N([C@@H](CC)C(=O)NCCOc2cccc(C)c2C)S(C)(=O)=O)cc1. The number of nitrogens with zero attached hydrogens (tertiary/aromatic N) is 1. The van der Waals surface area contributed by atoms with Crippen molar-refractivity contribution in [2.24, 2.45) is 0 Å². The number of aryl methyl sites for hydroxylation is 1. The zero-order chi connectivity index (χ0) is 23.0. The van der Waals surface area contributed by atoms with Crippen molar-refractivity contribution in [2.75, 3.05) is 30.3 Å². The normalized spacial score (nSPS) is 12.2. The summed E-state index contributed by atoms with van der Waals surface area (Å²) in [6.07, 6.45) is 1.42. The lowest BCUT2D eigenvalue weighted by molar-refractivity contribution is -0.122. The Morgan fingerprint density at radius 2 is 1.74 bits per heavy atom. The first kappa shape index (κ1) is 24.5. The number of carbonyl (C=O) groups excluding carboxylic acids is 1. The van der Waals surface area contributed by atoms with E-state index >= 15 is 0 Å². The lowest BCUT2D eigenvalue weighted by atomic mass is 10.1. The molecular weight excluding hydrogens is 416 g/mol. The molecular formula is C23H32N2O5S. The van der Waals surface area contributed by atoms with Gasteiger partial charge in [0.15, 0.2) is 0 Å². The van der Waals surface area contributed by atoms with Gasteiger partial charge in [-0.3, -0.25) is 9.10 Å². The fraction of sp³-hybridized carbons (Fsp3) is 0.435. The number of rotatable bonds is 11. The van der Waals surface area contributed by atoms with E-state index in [-0.39, 0.29) is 19.1 Å². The highest BCUT2D eigenvalue weighted by Crippen LogP contribution is 2.25. The van der Waals surface area contributed by atoms with Gasteiger partial charge < -0.3 is 14.8 Å². The third kappa shape index (κ3) is 6.62. The summed E-state index contributed by atoms with van der Waals surface area (Å²) < 4.78 is 37.4. The molecule has 170 valence electrons. The van der Waals surface area contributed by atoms with Crippen LogP contribution in [-0.4, -0.2) is 46.4 Å². The Kier molecular flexibility index (Phi) is 8.74. The quantitative estimate of drug-likeness (QED) is 0.532. The Bertz CT molecular complexity index is 974. The van der Waals surface area contributed by atoms with Gasteiger partial charge in [-0.2, -0.15) is 0 Å². The minimum absolute atomic E-state index is 0.267. The standard InChI is InChI=1S/C23H32N2O5S/c1-6-21(23(26)24-15-16-30-22-10-8-9-17(3)18(22)4)25(31(5,27)28)19-11-13-20(14-12-19)29-7-2/h8-14,21H,6-7,15-16H2,1-5H3,(H,24,26)/t21-/m0/s1. The molecule has 2 rings (SSSR count). The molecule has 1 amide bonds. The molecule has 2 aromatic rings. The predicted octanol–water partition coefficient (Wildman–Crippen LogP) is 3.44. The second-order valence-corrected chi connectivity index (χ2v) is 9.11. The zero-order valence-electron chi connectivity index (χ0n) is 18.8. The molecule has 0 aliphatic heterocycles. The molecule has 0 aliphatic carbocycles. The Balaban J connectivity index is 2.07. The number of amides is 1. The molecule has 0 saturated heterocycles. The fourth-order valence-electron chi connectivity index (χ4n) is 3.25. The van der Waals surface area contributed by atoms with Crippen LogP contribution < -0.4 is 19.1 Å². The topological polar surface area (TPSA) is 84.9 Å². The average Bonchev–Trinajstić information content (AvgIpc) is 2.72. The number of anilines is 1. The number of nitrogens with one attached hydrogen (secondary N) is 1. The molecule has 0 bridgehead atoms. The van der Waals surface area contributed by atoms with E-state index in [1.807, 2.05) is 39.0 Å². The van der Waals surface area contributed by atoms with Gasteiger partial charge in [0.25, 0.3) is 0 Å². The van der Waals surface area contributed by atoms with E-state index in [4.69, 9.17) is 9.47 Å². The molecule has 0 aliphatic rings. The summed E-state index contributed by atoms with van der Waals surface area (Å²) in [6.45, 7) is 8.71. The molecule has 0 spiro atoms. The minimum atomic E-state index is -3.68. The molecule has 1 N–H and O–H groups in total. The van der Waals surface area contributed by atoms with Crippen LogP contribution in [0.5, 0.6) is 11.5 Å². The maximum atomic E-state index is 12.8. The Morgan fingerprint density at radius 1 is 1.06 bits per heavy atom. The van der Waals surface area contributed by atoms with Gasteiger partial charge in [-0.15, -0.1) is 0 Å². The molecule has 0 heterocycles. The molecule has 7 nitrogen and oxygen atoms in total. The second kappa shape index (κ2) is 11.0. The van der Waals surface area contributed by atoms with Crippen LogP contribution in [0.3, 0.4) is 0 Å². The summed E-state index contributed by atoms with van der Waals surface area (Å²) in [5, 5.41) is 2.80. The average molecular weight is 449 g/mol. The Hall–Kier alpha value is -2.74. The van der Waals surface area contributed by atoms with E-state index in [0.717, 1.165) is 27.4 Å². The highest BCUT2D eigenvalue weighted by atomic mass is 32.2. The third-order valence-electron chi connectivity index (χ3n) is 4.95. The molecule has 0 saturated carbocycles. The van der Waals surface area contributed by atoms with Crippen molar-refractivity contribution in [1.29, 1.82) is 0 Å². The van der Waals surface area contributed by atoms with E-state index in [0.29, 0.717) is 24.5 Å². The van der Waals surface area contributed by atoms with Crippen molar-refractivity contribution in [1.82, 2.24) is 5.32 Å². The van der Waals surface area contributed by atoms with Crippen LogP contribution >= 0.6 is 0 Å². The van der Waals surface area contributed by atoms with E-state index in [1.165, 1.54) is 0 Å². The summed E-state index contributed by atoms with van der Waals surface area (Å²) in [4.78, 5) is 12.8. The summed E-state index contributed by atoms with van der Waals surface area (Å²) in [5.41, 5.74) is 2.60. The van der Waals surface area contributed by atoms with E-state index in [2.05, 4.69) is 5.32 Å². The highest BCUT2D eigenvalue weighted by molar-refractivity contribution is 7.92. The van der Waals surface area contributed by atoms with Gasteiger partial charge in [-0.1, -0.05) is 19.1 Å². The molecule has 0 unspecified atom stereocenters. The van der Waals surface area contributed by atoms with Crippen molar-refractivity contribution in [3.63, 3.8) is 0 Å².